The SMILES string of the molecule is CCc1c(C)sc2nc(Cl)nc(N)c12. The van der Waals surface area contributed by atoms with Gasteiger partial charge in [0.15, 0.2) is 0 Å². The first-order chi connectivity index (χ1) is 6.63. The van der Waals surface area contributed by atoms with Crippen LogP contribution in [0.1, 0.15) is 17.4 Å². The largest absolute Gasteiger partial charge is 0.383 e. The average Bonchev–Trinajstić information content (AvgIpc) is 2.40. The molecule has 0 saturated carbocycles. The Bertz CT molecular complexity index is 492. The van der Waals surface area contributed by atoms with Crippen molar-refractivity contribution in [3.8, 4) is 0 Å². The van der Waals surface area contributed by atoms with Crippen LogP contribution in [-0.2, 0) is 6.42 Å². The molecule has 0 aliphatic rings. The van der Waals surface area contributed by atoms with Gasteiger partial charge in [-0.2, -0.15) is 0 Å². The van der Waals surface area contributed by atoms with Crippen molar-refractivity contribution < 1.29 is 0 Å². The van der Waals surface area contributed by atoms with E-state index in [9.17, 15) is 0 Å². The second-order valence-electron chi connectivity index (χ2n) is 3.05. The number of fused-ring (bicyclic) bond motifs is 1. The van der Waals surface area contributed by atoms with Crippen molar-refractivity contribution in [2.24, 2.45) is 0 Å². The number of nitrogen functional groups attached to an aromatic ring is 1. The molecule has 0 aliphatic heterocycles. The maximum Gasteiger partial charge on any atom is 0.225 e. The van der Waals surface area contributed by atoms with Crippen molar-refractivity contribution in [1.29, 1.82) is 0 Å². The molecule has 14 heavy (non-hydrogen) atoms. The number of hydrogen-bond acceptors (Lipinski definition) is 4. The first kappa shape index (κ1) is 9.68. The molecule has 2 N–H and O–H groups in total. The molecule has 0 fully saturated rings. The molecule has 0 unspecified atom stereocenters. The molecule has 74 valence electrons. The first-order valence-corrected chi connectivity index (χ1v) is 5.54. The molecule has 0 aliphatic carbocycles. The third-order valence-electron chi connectivity index (χ3n) is 2.21. The fourth-order valence-corrected chi connectivity index (χ4v) is 2.94. The number of aromatic nitrogens is 2. The molecule has 0 amide bonds. The lowest BCUT2D eigenvalue weighted by Crippen LogP contribution is -1.94. The quantitative estimate of drug-likeness (QED) is 0.763. The number of aryl methyl sites for hydroxylation is 2. The number of thiophene rings is 1. The maximum atomic E-state index is 5.82. The summed E-state index contributed by atoms with van der Waals surface area (Å²) in [6.45, 7) is 4.17. The third-order valence-corrected chi connectivity index (χ3v) is 3.42. The zero-order chi connectivity index (χ0) is 10.3. The summed E-state index contributed by atoms with van der Waals surface area (Å²) in [5.41, 5.74) is 7.05. The van der Waals surface area contributed by atoms with Gasteiger partial charge < -0.3 is 5.73 Å². The number of nitrogens with two attached hydrogens (primary N) is 1. The second kappa shape index (κ2) is 3.37. The number of halogens is 1. The molecule has 5 heteroatoms. The Morgan fingerprint density at radius 3 is 2.79 bits per heavy atom. The third kappa shape index (κ3) is 1.35. The minimum atomic E-state index is 0.221. The van der Waals surface area contributed by atoms with Crippen LogP contribution in [-0.4, -0.2) is 9.97 Å². The van der Waals surface area contributed by atoms with E-state index in [-0.39, 0.29) is 5.28 Å². The summed E-state index contributed by atoms with van der Waals surface area (Å²) in [5, 5.41) is 1.19. The Hall–Kier alpha value is -0.870. The normalized spacial score (nSPS) is 11.1. The van der Waals surface area contributed by atoms with Crippen LogP contribution in [0.3, 0.4) is 0 Å². The summed E-state index contributed by atoms with van der Waals surface area (Å²) >= 11 is 7.35. The minimum absolute atomic E-state index is 0.221. The van der Waals surface area contributed by atoms with Crippen LogP contribution >= 0.6 is 22.9 Å². The molecule has 3 nitrogen and oxygen atoms in total. The molecule has 0 atom stereocenters. The Morgan fingerprint density at radius 1 is 1.43 bits per heavy atom. The van der Waals surface area contributed by atoms with Crippen molar-refractivity contribution in [3.05, 3.63) is 15.7 Å². The molecule has 2 heterocycles. The van der Waals surface area contributed by atoms with Gasteiger partial charge in [0.1, 0.15) is 10.6 Å². The van der Waals surface area contributed by atoms with Crippen LogP contribution < -0.4 is 5.73 Å². The summed E-state index contributed by atoms with van der Waals surface area (Å²) in [6, 6.07) is 0. The number of hydrogen-bond donors (Lipinski definition) is 1. The van der Waals surface area contributed by atoms with Crippen molar-refractivity contribution in [3.63, 3.8) is 0 Å². The molecule has 0 spiro atoms. The van der Waals surface area contributed by atoms with E-state index in [4.69, 9.17) is 17.3 Å². The van der Waals surface area contributed by atoms with Crippen LogP contribution in [0.2, 0.25) is 5.28 Å². The van der Waals surface area contributed by atoms with Crippen LogP contribution in [0.4, 0.5) is 5.82 Å². The van der Waals surface area contributed by atoms with Crippen LogP contribution in [0.25, 0.3) is 10.2 Å². The van der Waals surface area contributed by atoms with Crippen LogP contribution in [0.5, 0.6) is 0 Å². The van der Waals surface area contributed by atoms with Crippen molar-refractivity contribution in [2.45, 2.75) is 20.3 Å². The van der Waals surface area contributed by atoms with E-state index in [1.165, 1.54) is 10.4 Å². The van der Waals surface area contributed by atoms with Gasteiger partial charge in [0.05, 0.1) is 5.39 Å². The number of anilines is 1. The van der Waals surface area contributed by atoms with E-state index in [1.807, 2.05) is 0 Å². The average molecular weight is 228 g/mol. The number of nitrogens with zero attached hydrogens (tertiary/aromatic N) is 2. The molecule has 0 saturated heterocycles. The fourth-order valence-electron chi connectivity index (χ4n) is 1.60. The van der Waals surface area contributed by atoms with Gasteiger partial charge in [-0.3, -0.25) is 0 Å². The Labute approximate surface area is 90.9 Å². The van der Waals surface area contributed by atoms with E-state index in [0.717, 1.165) is 16.6 Å². The van der Waals surface area contributed by atoms with E-state index in [1.54, 1.807) is 11.3 Å². The van der Waals surface area contributed by atoms with Crippen LogP contribution in [0, 0.1) is 6.92 Å². The molecular formula is C9H10ClN3S. The molecule has 0 aromatic carbocycles. The molecule has 0 radical (unpaired) electrons. The molecule has 2 aromatic heterocycles. The smallest absolute Gasteiger partial charge is 0.225 e. The van der Waals surface area contributed by atoms with Crippen LogP contribution in [0.15, 0.2) is 0 Å². The van der Waals surface area contributed by atoms with Gasteiger partial charge in [0.2, 0.25) is 5.28 Å². The number of rotatable bonds is 1. The Morgan fingerprint density at radius 2 is 2.14 bits per heavy atom. The maximum absolute atomic E-state index is 5.82. The molecule has 2 rings (SSSR count). The van der Waals surface area contributed by atoms with Gasteiger partial charge in [0, 0.05) is 4.88 Å². The highest BCUT2D eigenvalue weighted by molar-refractivity contribution is 7.18. The van der Waals surface area contributed by atoms with Crippen molar-refractivity contribution in [1.82, 2.24) is 9.97 Å². The Kier molecular flexibility index (Phi) is 2.33. The van der Waals surface area contributed by atoms with Gasteiger partial charge in [-0.25, -0.2) is 9.97 Å². The predicted molar refractivity (Wildman–Crippen MR) is 61.0 cm³/mol. The highest BCUT2D eigenvalue weighted by atomic mass is 35.5. The summed E-state index contributed by atoms with van der Waals surface area (Å²) < 4.78 is 0. The summed E-state index contributed by atoms with van der Waals surface area (Å²) in [5.74, 6) is 0.487. The fraction of sp³-hybridized carbons (Fsp3) is 0.333. The van der Waals surface area contributed by atoms with Gasteiger partial charge in [-0.05, 0) is 30.5 Å². The van der Waals surface area contributed by atoms with E-state index >= 15 is 0 Å². The topological polar surface area (TPSA) is 51.8 Å². The molecular weight excluding hydrogens is 218 g/mol. The van der Waals surface area contributed by atoms with Gasteiger partial charge in [-0.15, -0.1) is 11.3 Å². The van der Waals surface area contributed by atoms with E-state index in [0.29, 0.717) is 5.82 Å². The standard InChI is InChI=1S/C9H10ClN3S/c1-3-5-4(2)14-8-6(5)7(11)12-9(10)13-8/h3H2,1-2H3,(H2,11,12,13). The van der Waals surface area contributed by atoms with Crippen molar-refractivity contribution >= 4 is 39.0 Å². The monoisotopic (exact) mass is 227 g/mol. The first-order valence-electron chi connectivity index (χ1n) is 4.34. The second-order valence-corrected chi connectivity index (χ2v) is 4.59. The minimum Gasteiger partial charge on any atom is -0.383 e. The Balaban J connectivity index is 2.88. The lowest BCUT2D eigenvalue weighted by atomic mass is 10.1. The predicted octanol–water partition coefficient (Wildman–Crippen LogP) is 2.80. The van der Waals surface area contributed by atoms with Gasteiger partial charge in [0.25, 0.3) is 0 Å². The lowest BCUT2D eigenvalue weighted by molar-refractivity contribution is 1.14. The zero-order valence-corrected chi connectivity index (χ0v) is 9.54. The van der Waals surface area contributed by atoms with Gasteiger partial charge >= 0.3 is 0 Å². The summed E-state index contributed by atoms with van der Waals surface area (Å²) in [7, 11) is 0. The molecule has 0 bridgehead atoms. The van der Waals surface area contributed by atoms with E-state index in [2.05, 4.69) is 23.8 Å². The molecule has 2 aromatic rings. The van der Waals surface area contributed by atoms with Crippen molar-refractivity contribution in [2.75, 3.05) is 5.73 Å². The highest BCUT2D eigenvalue weighted by Gasteiger charge is 2.13. The van der Waals surface area contributed by atoms with Gasteiger partial charge in [-0.1, -0.05) is 6.92 Å². The summed E-state index contributed by atoms with van der Waals surface area (Å²) in [4.78, 5) is 10.2. The zero-order valence-electron chi connectivity index (χ0n) is 7.97. The summed E-state index contributed by atoms with van der Waals surface area (Å²) in [6.07, 6.45) is 0.945. The lowest BCUT2D eigenvalue weighted by Gasteiger charge is -1.99. The highest BCUT2D eigenvalue weighted by Crippen LogP contribution is 2.33. The van der Waals surface area contributed by atoms with E-state index < -0.39 is 0 Å².